The number of aryl methyl sites for hydroxylation is 2. The summed E-state index contributed by atoms with van der Waals surface area (Å²) in [7, 11) is 0. The molecule has 0 spiro atoms. The van der Waals surface area contributed by atoms with E-state index in [1.807, 2.05) is 0 Å². The Bertz CT molecular complexity index is 600. The molecule has 0 bridgehead atoms. The first-order valence-electron chi connectivity index (χ1n) is 8.48. The van der Waals surface area contributed by atoms with Crippen LogP contribution in [0.3, 0.4) is 0 Å². The van der Waals surface area contributed by atoms with Gasteiger partial charge in [-0.3, -0.25) is 4.90 Å². The molecule has 2 saturated heterocycles. The van der Waals surface area contributed by atoms with Crippen molar-refractivity contribution in [1.29, 1.82) is 5.26 Å². The summed E-state index contributed by atoms with van der Waals surface area (Å²) in [6.45, 7) is 6.51. The molecule has 2 fully saturated rings. The van der Waals surface area contributed by atoms with Crippen molar-refractivity contribution in [3.8, 4) is 6.07 Å². The van der Waals surface area contributed by atoms with Gasteiger partial charge in [0, 0.05) is 51.0 Å². The van der Waals surface area contributed by atoms with Gasteiger partial charge in [0.25, 0.3) is 0 Å². The van der Waals surface area contributed by atoms with Crippen LogP contribution < -0.4 is 10.2 Å². The van der Waals surface area contributed by atoms with Crippen molar-refractivity contribution in [2.75, 3.05) is 44.2 Å². The number of nitriles is 1. The van der Waals surface area contributed by atoms with Crippen LogP contribution in [-0.2, 0) is 12.8 Å². The van der Waals surface area contributed by atoms with Crippen molar-refractivity contribution in [2.24, 2.45) is 0 Å². The van der Waals surface area contributed by atoms with Crippen molar-refractivity contribution in [1.82, 2.24) is 15.2 Å². The second kappa shape index (κ2) is 5.86. The molecule has 0 aromatic carbocycles. The van der Waals surface area contributed by atoms with Crippen LogP contribution in [0.2, 0.25) is 0 Å². The van der Waals surface area contributed by atoms with Gasteiger partial charge in [-0.05, 0) is 37.3 Å². The lowest BCUT2D eigenvalue weighted by molar-refractivity contribution is 0.185. The predicted molar refractivity (Wildman–Crippen MR) is 86.0 cm³/mol. The molecule has 0 amide bonds. The van der Waals surface area contributed by atoms with Gasteiger partial charge >= 0.3 is 0 Å². The third kappa shape index (κ3) is 2.47. The fourth-order valence-corrected chi connectivity index (χ4v) is 4.06. The molecule has 0 saturated carbocycles. The number of piperazine rings is 1. The second-order valence-corrected chi connectivity index (χ2v) is 6.61. The van der Waals surface area contributed by atoms with Gasteiger partial charge in [0.1, 0.15) is 11.9 Å². The van der Waals surface area contributed by atoms with E-state index >= 15 is 0 Å². The summed E-state index contributed by atoms with van der Waals surface area (Å²) in [5.74, 6) is 0.931. The Kier molecular flexibility index (Phi) is 3.73. The quantitative estimate of drug-likeness (QED) is 0.880. The predicted octanol–water partition coefficient (Wildman–Crippen LogP) is 0.926. The van der Waals surface area contributed by atoms with Crippen LogP contribution in [0.15, 0.2) is 6.07 Å². The van der Waals surface area contributed by atoms with Gasteiger partial charge in [-0.1, -0.05) is 0 Å². The zero-order valence-corrected chi connectivity index (χ0v) is 13.0. The smallest absolute Gasteiger partial charge is 0.146 e. The minimum atomic E-state index is 0.615. The molecule has 1 N–H and O–H groups in total. The third-order valence-electron chi connectivity index (χ3n) is 5.28. The molecular formula is C17H23N5. The number of pyridine rings is 1. The van der Waals surface area contributed by atoms with E-state index in [1.54, 1.807) is 0 Å². The molecular weight excluding hydrogens is 274 g/mol. The lowest BCUT2D eigenvalue weighted by Gasteiger charge is -2.32. The van der Waals surface area contributed by atoms with Crippen molar-refractivity contribution >= 4 is 5.82 Å². The molecule has 4 rings (SSSR count). The van der Waals surface area contributed by atoms with Gasteiger partial charge in [-0.2, -0.15) is 5.26 Å². The zero-order valence-electron chi connectivity index (χ0n) is 13.0. The highest BCUT2D eigenvalue weighted by Crippen LogP contribution is 2.29. The maximum absolute atomic E-state index is 9.49. The van der Waals surface area contributed by atoms with Crippen LogP contribution >= 0.6 is 0 Å². The number of nitrogens with one attached hydrogen (secondary N) is 1. The van der Waals surface area contributed by atoms with Crippen molar-refractivity contribution in [3.63, 3.8) is 0 Å². The average Bonchev–Trinajstić information content (AvgIpc) is 3.23. The standard InChI is InChI=1S/C17H23N5/c18-11-14-10-13-2-1-3-16(13)20-17(14)22-7-4-15(12-22)21-8-5-19-6-9-21/h10,15,19H,1-9,12H2. The van der Waals surface area contributed by atoms with E-state index in [-0.39, 0.29) is 0 Å². The molecule has 3 heterocycles. The lowest BCUT2D eigenvalue weighted by atomic mass is 10.1. The first-order chi connectivity index (χ1) is 10.8. The van der Waals surface area contributed by atoms with Crippen molar-refractivity contribution < 1.29 is 0 Å². The molecule has 22 heavy (non-hydrogen) atoms. The third-order valence-corrected chi connectivity index (χ3v) is 5.28. The van der Waals surface area contributed by atoms with Gasteiger partial charge in [0.15, 0.2) is 0 Å². The molecule has 1 aliphatic carbocycles. The Morgan fingerprint density at radius 2 is 2.09 bits per heavy atom. The zero-order chi connectivity index (χ0) is 14.9. The average molecular weight is 297 g/mol. The molecule has 1 unspecified atom stereocenters. The summed E-state index contributed by atoms with van der Waals surface area (Å²) in [4.78, 5) is 9.79. The number of nitrogens with zero attached hydrogens (tertiary/aromatic N) is 4. The van der Waals surface area contributed by atoms with Gasteiger partial charge in [-0.15, -0.1) is 0 Å². The van der Waals surface area contributed by atoms with Crippen LogP contribution in [0.4, 0.5) is 5.82 Å². The van der Waals surface area contributed by atoms with Gasteiger partial charge < -0.3 is 10.2 Å². The van der Waals surface area contributed by atoms with Gasteiger partial charge in [0.2, 0.25) is 0 Å². The van der Waals surface area contributed by atoms with E-state index < -0.39 is 0 Å². The van der Waals surface area contributed by atoms with Crippen LogP contribution in [0.5, 0.6) is 0 Å². The molecule has 1 aromatic rings. The first-order valence-corrected chi connectivity index (χ1v) is 8.48. The molecule has 2 aliphatic heterocycles. The number of anilines is 1. The minimum Gasteiger partial charge on any atom is -0.354 e. The van der Waals surface area contributed by atoms with E-state index in [4.69, 9.17) is 4.98 Å². The summed E-state index contributed by atoms with van der Waals surface area (Å²) in [6.07, 6.45) is 4.52. The van der Waals surface area contributed by atoms with Crippen molar-refractivity contribution in [2.45, 2.75) is 31.7 Å². The molecule has 1 aromatic heterocycles. The van der Waals surface area contributed by atoms with E-state index in [1.165, 1.54) is 24.1 Å². The summed E-state index contributed by atoms with van der Waals surface area (Å²) >= 11 is 0. The molecule has 3 aliphatic rings. The first kappa shape index (κ1) is 14.0. The highest BCUT2D eigenvalue weighted by atomic mass is 15.3. The maximum Gasteiger partial charge on any atom is 0.146 e. The monoisotopic (exact) mass is 297 g/mol. The van der Waals surface area contributed by atoms with E-state index in [0.717, 1.165) is 63.5 Å². The van der Waals surface area contributed by atoms with Crippen LogP contribution in [0.1, 0.15) is 29.7 Å². The van der Waals surface area contributed by atoms with Crippen LogP contribution in [0.25, 0.3) is 0 Å². The summed E-state index contributed by atoms with van der Waals surface area (Å²) < 4.78 is 0. The fraction of sp³-hybridized carbons (Fsp3) is 0.647. The Morgan fingerprint density at radius 3 is 2.91 bits per heavy atom. The van der Waals surface area contributed by atoms with Gasteiger partial charge in [-0.25, -0.2) is 4.98 Å². The summed E-state index contributed by atoms with van der Waals surface area (Å²) in [6, 6.07) is 5.07. The van der Waals surface area contributed by atoms with Gasteiger partial charge in [0.05, 0.1) is 5.56 Å². The Balaban J connectivity index is 1.54. The Hall–Kier alpha value is -1.64. The maximum atomic E-state index is 9.49. The number of hydrogen-bond acceptors (Lipinski definition) is 5. The number of rotatable bonds is 2. The molecule has 0 radical (unpaired) electrons. The number of fused-ring (bicyclic) bond motifs is 1. The Morgan fingerprint density at radius 1 is 1.23 bits per heavy atom. The van der Waals surface area contributed by atoms with E-state index in [2.05, 4.69) is 27.3 Å². The van der Waals surface area contributed by atoms with E-state index in [9.17, 15) is 5.26 Å². The normalized spacial score (nSPS) is 25.2. The number of hydrogen-bond donors (Lipinski definition) is 1. The Labute approximate surface area is 131 Å². The lowest BCUT2D eigenvalue weighted by Crippen LogP contribution is -2.49. The highest BCUT2D eigenvalue weighted by molar-refractivity contribution is 5.57. The SMILES string of the molecule is N#Cc1cc2c(nc1N1CCC(N3CCNCC3)C1)CCC2. The van der Waals surface area contributed by atoms with Crippen LogP contribution in [0, 0.1) is 11.3 Å². The molecule has 116 valence electrons. The van der Waals surface area contributed by atoms with E-state index in [0.29, 0.717) is 6.04 Å². The second-order valence-electron chi connectivity index (χ2n) is 6.61. The van der Waals surface area contributed by atoms with Crippen LogP contribution in [-0.4, -0.2) is 55.2 Å². The highest BCUT2D eigenvalue weighted by Gasteiger charge is 2.31. The number of aromatic nitrogens is 1. The minimum absolute atomic E-state index is 0.615. The summed E-state index contributed by atoms with van der Waals surface area (Å²) in [5, 5.41) is 12.9. The molecule has 1 atom stereocenters. The largest absolute Gasteiger partial charge is 0.354 e. The molecule has 5 heteroatoms. The van der Waals surface area contributed by atoms with Crippen molar-refractivity contribution in [3.05, 3.63) is 22.9 Å². The fourth-order valence-electron chi connectivity index (χ4n) is 4.06. The molecule has 5 nitrogen and oxygen atoms in total. The summed E-state index contributed by atoms with van der Waals surface area (Å²) in [5.41, 5.74) is 3.28. The topological polar surface area (TPSA) is 55.2 Å².